The van der Waals surface area contributed by atoms with E-state index in [0.29, 0.717) is 11.4 Å². The van der Waals surface area contributed by atoms with E-state index < -0.39 is 0 Å². The molecule has 0 fully saturated rings. The molecule has 0 saturated carbocycles. The molecule has 0 aliphatic rings. The van der Waals surface area contributed by atoms with Gasteiger partial charge in [-0.05, 0) is 17.7 Å². The number of rotatable bonds is 2. The van der Waals surface area contributed by atoms with Crippen LogP contribution in [0.25, 0.3) is 43.5 Å². The molecule has 1 aromatic carbocycles. The zero-order valence-corrected chi connectivity index (χ0v) is 14.0. The van der Waals surface area contributed by atoms with Crippen molar-refractivity contribution in [3.63, 3.8) is 0 Å². The Hall–Kier alpha value is -3.18. The van der Waals surface area contributed by atoms with E-state index in [1.807, 2.05) is 36.7 Å². The Morgan fingerprint density at radius 3 is 2.72 bits per heavy atom. The van der Waals surface area contributed by atoms with Crippen molar-refractivity contribution < 1.29 is 4.42 Å². The lowest BCUT2D eigenvalue weighted by Gasteiger charge is -2.03. The number of pyridine rings is 2. The van der Waals surface area contributed by atoms with E-state index in [9.17, 15) is 0 Å². The summed E-state index contributed by atoms with van der Waals surface area (Å²) in [6.45, 7) is 0. The third-order valence-corrected chi connectivity index (χ3v) is 5.25. The zero-order valence-electron chi connectivity index (χ0n) is 13.1. The standard InChI is InChI=1S/C20H13N3OS/c21-20-19-14(15(9-23-20)12-4-2-1-3-5-12)8-17(24-19)16-11-25-18-10-22-7-6-13(16)18/h1-11H,(H2,21,23). The van der Waals surface area contributed by atoms with Gasteiger partial charge in [0.15, 0.2) is 11.4 Å². The van der Waals surface area contributed by atoms with Gasteiger partial charge in [-0.25, -0.2) is 4.98 Å². The Morgan fingerprint density at radius 2 is 1.84 bits per heavy atom. The number of benzene rings is 1. The van der Waals surface area contributed by atoms with Crippen LogP contribution in [-0.2, 0) is 0 Å². The van der Waals surface area contributed by atoms with E-state index >= 15 is 0 Å². The fraction of sp³-hybridized carbons (Fsp3) is 0. The van der Waals surface area contributed by atoms with Crippen LogP contribution in [0, 0.1) is 0 Å². The summed E-state index contributed by atoms with van der Waals surface area (Å²) in [6.07, 6.45) is 5.48. The highest BCUT2D eigenvalue weighted by Crippen LogP contribution is 2.40. The molecule has 4 nitrogen and oxygen atoms in total. The van der Waals surface area contributed by atoms with Gasteiger partial charge in [-0.15, -0.1) is 11.3 Å². The Bertz CT molecular complexity index is 1210. The van der Waals surface area contributed by atoms with Crippen molar-refractivity contribution in [1.29, 1.82) is 0 Å². The molecule has 5 heteroatoms. The van der Waals surface area contributed by atoms with Crippen LogP contribution in [0.15, 0.2) is 70.9 Å². The lowest BCUT2D eigenvalue weighted by Crippen LogP contribution is -1.91. The molecule has 0 aliphatic heterocycles. The molecule has 5 rings (SSSR count). The molecule has 0 saturated heterocycles. The van der Waals surface area contributed by atoms with Crippen molar-refractivity contribution >= 4 is 38.2 Å². The van der Waals surface area contributed by atoms with Crippen LogP contribution in [0.1, 0.15) is 0 Å². The molecule has 5 aromatic rings. The molecule has 0 unspecified atom stereocenters. The highest BCUT2D eigenvalue weighted by Gasteiger charge is 2.16. The first kappa shape index (κ1) is 14.2. The smallest absolute Gasteiger partial charge is 0.177 e. The van der Waals surface area contributed by atoms with Gasteiger partial charge >= 0.3 is 0 Å². The van der Waals surface area contributed by atoms with E-state index in [0.717, 1.165) is 37.9 Å². The van der Waals surface area contributed by atoms with Gasteiger partial charge in [0.1, 0.15) is 5.76 Å². The van der Waals surface area contributed by atoms with E-state index in [1.165, 1.54) is 0 Å². The van der Waals surface area contributed by atoms with Gasteiger partial charge in [-0.3, -0.25) is 4.98 Å². The minimum Gasteiger partial charge on any atom is -0.452 e. The number of furan rings is 1. The number of nitrogen functional groups attached to an aromatic ring is 1. The van der Waals surface area contributed by atoms with Crippen LogP contribution < -0.4 is 5.73 Å². The monoisotopic (exact) mass is 343 g/mol. The minimum absolute atomic E-state index is 0.405. The van der Waals surface area contributed by atoms with Crippen LogP contribution in [-0.4, -0.2) is 9.97 Å². The maximum Gasteiger partial charge on any atom is 0.177 e. The van der Waals surface area contributed by atoms with Crippen molar-refractivity contribution in [2.45, 2.75) is 0 Å². The van der Waals surface area contributed by atoms with Gasteiger partial charge in [0.05, 0.1) is 4.70 Å². The summed E-state index contributed by atoms with van der Waals surface area (Å²) >= 11 is 1.65. The lowest BCUT2D eigenvalue weighted by atomic mass is 10.0. The van der Waals surface area contributed by atoms with Crippen LogP contribution in [0.2, 0.25) is 0 Å². The van der Waals surface area contributed by atoms with E-state index in [2.05, 4.69) is 33.5 Å². The first-order valence-electron chi connectivity index (χ1n) is 7.86. The van der Waals surface area contributed by atoms with Crippen LogP contribution in [0.3, 0.4) is 0 Å². The number of thiophene rings is 1. The van der Waals surface area contributed by atoms with Gasteiger partial charge < -0.3 is 10.2 Å². The van der Waals surface area contributed by atoms with E-state index in [4.69, 9.17) is 10.2 Å². The molecule has 0 atom stereocenters. The van der Waals surface area contributed by atoms with Crippen molar-refractivity contribution in [3.8, 4) is 22.5 Å². The molecule has 2 N–H and O–H groups in total. The summed E-state index contributed by atoms with van der Waals surface area (Å²) in [4.78, 5) is 8.50. The molecule has 4 heterocycles. The van der Waals surface area contributed by atoms with E-state index in [-0.39, 0.29) is 0 Å². The Morgan fingerprint density at radius 1 is 0.960 bits per heavy atom. The summed E-state index contributed by atoms with van der Waals surface area (Å²) in [6, 6.07) is 14.2. The molecular weight excluding hydrogens is 330 g/mol. The Labute approximate surface area is 147 Å². The fourth-order valence-corrected chi connectivity index (χ4v) is 4.01. The molecule has 25 heavy (non-hydrogen) atoms. The molecule has 0 spiro atoms. The Balaban J connectivity index is 1.78. The number of hydrogen-bond donors (Lipinski definition) is 1. The van der Waals surface area contributed by atoms with Gasteiger partial charge in [0.25, 0.3) is 0 Å². The number of nitrogens with zero attached hydrogens (tertiary/aromatic N) is 2. The Kier molecular flexibility index (Phi) is 3.08. The van der Waals surface area contributed by atoms with Crippen LogP contribution in [0.5, 0.6) is 0 Å². The number of fused-ring (bicyclic) bond motifs is 2. The highest BCUT2D eigenvalue weighted by molar-refractivity contribution is 7.17. The van der Waals surface area contributed by atoms with Crippen molar-refractivity contribution in [2.24, 2.45) is 0 Å². The SMILES string of the molecule is Nc1ncc(-c2ccccc2)c2cc(-c3csc4cnccc34)oc12. The third-order valence-electron chi connectivity index (χ3n) is 4.32. The highest BCUT2D eigenvalue weighted by atomic mass is 32.1. The van der Waals surface area contributed by atoms with Crippen molar-refractivity contribution in [1.82, 2.24) is 9.97 Å². The number of aromatic nitrogens is 2. The summed E-state index contributed by atoms with van der Waals surface area (Å²) in [5.74, 6) is 1.20. The van der Waals surface area contributed by atoms with Gasteiger partial charge in [0, 0.05) is 45.9 Å². The molecule has 0 radical (unpaired) electrons. The van der Waals surface area contributed by atoms with E-state index in [1.54, 1.807) is 17.5 Å². The largest absolute Gasteiger partial charge is 0.452 e. The van der Waals surface area contributed by atoms with Gasteiger partial charge in [-0.2, -0.15) is 0 Å². The quantitative estimate of drug-likeness (QED) is 0.469. The van der Waals surface area contributed by atoms with Gasteiger partial charge in [0.2, 0.25) is 0 Å². The van der Waals surface area contributed by atoms with Crippen LogP contribution >= 0.6 is 11.3 Å². The molecular formula is C20H13N3OS. The second-order valence-corrected chi connectivity index (χ2v) is 6.71. The normalized spacial score (nSPS) is 11.4. The molecule has 4 aromatic heterocycles. The first-order valence-corrected chi connectivity index (χ1v) is 8.74. The molecule has 0 bridgehead atoms. The summed E-state index contributed by atoms with van der Waals surface area (Å²) in [5.41, 5.74) is 9.86. The van der Waals surface area contributed by atoms with Crippen molar-refractivity contribution in [3.05, 3.63) is 66.4 Å². The van der Waals surface area contributed by atoms with Gasteiger partial charge in [-0.1, -0.05) is 30.3 Å². The fourth-order valence-electron chi connectivity index (χ4n) is 3.10. The summed E-state index contributed by atoms with van der Waals surface area (Å²) in [5, 5.41) is 4.20. The number of nitrogens with two attached hydrogens (primary N) is 1. The average Bonchev–Trinajstić information content (AvgIpc) is 3.27. The maximum absolute atomic E-state index is 6.11. The second kappa shape index (κ2) is 5.43. The third kappa shape index (κ3) is 2.21. The minimum atomic E-state index is 0.405. The maximum atomic E-state index is 6.11. The number of hydrogen-bond acceptors (Lipinski definition) is 5. The lowest BCUT2D eigenvalue weighted by molar-refractivity contribution is 0.632. The predicted molar refractivity (Wildman–Crippen MR) is 102 cm³/mol. The van der Waals surface area contributed by atoms with Crippen molar-refractivity contribution in [2.75, 3.05) is 5.73 Å². The molecule has 0 aliphatic carbocycles. The average molecular weight is 343 g/mol. The predicted octanol–water partition coefficient (Wildman–Crippen LogP) is 5.35. The zero-order chi connectivity index (χ0) is 16.8. The summed E-state index contributed by atoms with van der Waals surface area (Å²) < 4.78 is 7.24. The molecule has 120 valence electrons. The number of anilines is 1. The first-order chi connectivity index (χ1) is 12.3. The second-order valence-electron chi connectivity index (χ2n) is 5.80. The summed E-state index contributed by atoms with van der Waals surface area (Å²) in [7, 11) is 0. The van der Waals surface area contributed by atoms with Crippen LogP contribution in [0.4, 0.5) is 5.82 Å². The topological polar surface area (TPSA) is 64.9 Å². The molecule has 0 amide bonds.